The maximum absolute atomic E-state index is 12.3. The van der Waals surface area contributed by atoms with Gasteiger partial charge in [0.15, 0.2) is 6.04 Å². The third-order valence-corrected chi connectivity index (χ3v) is 5.32. The summed E-state index contributed by atoms with van der Waals surface area (Å²) in [5, 5.41) is 13.6. The monoisotopic (exact) mass is 337 g/mol. The number of aliphatic carboxylic acids is 1. The molecular formula is C20H23N3O2. The lowest BCUT2D eigenvalue weighted by Crippen LogP contribution is -2.41. The molecular weight excluding hydrogens is 314 g/mol. The molecule has 2 atom stereocenters. The van der Waals surface area contributed by atoms with Gasteiger partial charge in [0.05, 0.1) is 0 Å². The largest absolute Gasteiger partial charge is 0.479 e. The van der Waals surface area contributed by atoms with Crippen LogP contribution in [0.15, 0.2) is 36.5 Å². The molecule has 2 aliphatic heterocycles. The van der Waals surface area contributed by atoms with E-state index in [9.17, 15) is 9.90 Å². The lowest BCUT2D eigenvalue weighted by Gasteiger charge is -2.38. The number of fused-ring (bicyclic) bond motifs is 1. The van der Waals surface area contributed by atoms with Gasteiger partial charge in [-0.2, -0.15) is 0 Å². The van der Waals surface area contributed by atoms with Crippen LogP contribution in [0.25, 0.3) is 0 Å². The Morgan fingerprint density at radius 1 is 1.36 bits per heavy atom. The summed E-state index contributed by atoms with van der Waals surface area (Å²) < 4.78 is 0. The van der Waals surface area contributed by atoms with Crippen LogP contribution in [0.3, 0.4) is 0 Å². The number of carbonyl (C=O) groups is 1. The molecule has 2 aromatic rings. The van der Waals surface area contributed by atoms with E-state index in [-0.39, 0.29) is 6.04 Å². The Balaban J connectivity index is 1.82. The Morgan fingerprint density at radius 2 is 2.24 bits per heavy atom. The minimum Gasteiger partial charge on any atom is -0.479 e. The van der Waals surface area contributed by atoms with Crippen molar-refractivity contribution >= 4 is 11.7 Å². The lowest BCUT2D eigenvalue weighted by molar-refractivity contribution is -0.138. The van der Waals surface area contributed by atoms with Gasteiger partial charge in [0.25, 0.3) is 0 Å². The maximum atomic E-state index is 12.3. The summed E-state index contributed by atoms with van der Waals surface area (Å²) in [7, 11) is 0. The Bertz CT molecular complexity index is 799. The predicted octanol–water partition coefficient (Wildman–Crippen LogP) is 3.00. The molecule has 0 bridgehead atoms. The first-order chi connectivity index (χ1) is 12.1. The second kappa shape index (κ2) is 6.48. The van der Waals surface area contributed by atoms with Crippen LogP contribution in [0.4, 0.5) is 5.69 Å². The molecule has 1 fully saturated rings. The van der Waals surface area contributed by atoms with E-state index in [4.69, 9.17) is 0 Å². The third kappa shape index (κ3) is 2.89. The fraction of sp³-hybridized carbons (Fsp3) is 0.400. The van der Waals surface area contributed by atoms with Gasteiger partial charge in [0, 0.05) is 30.2 Å². The summed E-state index contributed by atoms with van der Waals surface area (Å²) in [5.74, 6) is -0.791. The van der Waals surface area contributed by atoms with E-state index in [2.05, 4.69) is 28.5 Å². The van der Waals surface area contributed by atoms with Crippen molar-refractivity contribution in [2.45, 2.75) is 38.3 Å². The average Bonchev–Trinajstić information content (AvgIpc) is 3.14. The second-order valence-corrected chi connectivity index (χ2v) is 6.91. The predicted molar refractivity (Wildman–Crippen MR) is 96.8 cm³/mol. The van der Waals surface area contributed by atoms with E-state index in [1.807, 2.05) is 24.0 Å². The molecule has 5 heteroatoms. The third-order valence-electron chi connectivity index (χ3n) is 5.32. The SMILES string of the molecule is Cc1cc(N2CCc3cccc(C4CCCN4)c3C2C(=O)O)ccn1. The molecule has 0 aliphatic carbocycles. The molecule has 2 N–H and O–H groups in total. The van der Waals surface area contributed by atoms with Gasteiger partial charge in [-0.3, -0.25) is 4.98 Å². The van der Waals surface area contributed by atoms with E-state index in [1.165, 1.54) is 5.56 Å². The van der Waals surface area contributed by atoms with Gasteiger partial charge in [0.2, 0.25) is 0 Å². The summed E-state index contributed by atoms with van der Waals surface area (Å²) in [6.45, 7) is 3.64. The fourth-order valence-corrected chi connectivity index (χ4v) is 4.21. The highest BCUT2D eigenvalue weighted by atomic mass is 16.4. The van der Waals surface area contributed by atoms with Crippen LogP contribution in [-0.2, 0) is 11.2 Å². The molecule has 2 aliphatic rings. The minimum absolute atomic E-state index is 0.260. The number of benzene rings is 1. The maximum Gasteiger partial charge on any atom is 0.331 e. The molecule has 1 aromatic heterocycles. The number of rotatable bonds is 3. The van der Waals surface area contributed by atoms with E-state index < -0.39 is 12.0 Å². The number of nitrogens with zero attached hydrogens (tertiary/aromatic N) is 2. The Kier molecular flexibility index (Phi) is 4.17. The average molecular weight is 337 g/mol. The van der Waals surface area contributed by atoms with E-state index in [0.29, 0.717) is 6.54 Å². The van der Waals surface area contributed by atoms with Crippen molar-refractivity contribution in [1.29, 1.82) is 0 Å². The number of carboxylic acids is 1. The van der Waals surface area contributed by atoms with E-state index >= 15 is 0 Å². The van der Waals surface area contributed by atoms with Gasteiger partial charge in [-0.1, -0.05) is 18.2 Å². The molecule has 2 unspecified atom stereocenters. The molecule has 130 valence electrons. The number of aromatic nitrogens is 1. The zero-order valence-corrected chi connectivity index (χ0v) is 14.4. The molecule has 0 spiro atoms. The number of anilines is 1. The van der Waals surface area contributed by atoms with Crippen molar-refractivity contribution in [1.82, 2.24) is 10.3 Å². The summed E-state index contributed by atoms with van der Waals surface area (Å²) in [6.07, 6.45) is 4.82. The quantitative estimate of drug-likeness (QED) is 0.901. The number of hydrogen-bond donors (Lipinski definition) is 2. The lowest BCUT2D eigenvalue weighted by atomic mass is 9.85. The highest BCUT2D eigenvalue weighted by molar-refractivity contribution is 5.82. The molecule has 0 amide bonds. The highest BCUT2D eigenvalue weighted by Gasteiger charge is 2.36. The standard InChI is InChI=1S/C20H23N3O2/c1-13-12-15(7-10-21-13)23-11-8-14-4-2-5-16(17-6-3-9-22-17)18(14)19(23)20(24)25/h2,4-5,7,10,12,17,19,22H,3,6,8-9,11H2,1H3,(H,24,25). The van der Waals surface area contributed by atoms with Gasteiger partial charge in [0.1, 0.15) is 0 Å². The van der Waals surface area contributed by atoms with Crippen molar-refractivity contribution in [3.8, 4) is 0 Å². The molecule has 0 radical (unpaired) electrons. The summed E-state index contributed by atoms with van der Waals surface area (Å²) in [6, 6.07) is 9.74. The molecule has 4 rings (SSSR count). The van der Waals surface area contributed by atoms with Crippen molar-refractivity contribution in [2.24, 2.45) is 0 Å². The van der Waals surface area contributed by atoms with Gasteiger partial charge in [-0.15, -0.1) is 0 Å². The van der Waals surface area contributed by atoms with Crippen LogP contribution in [0.2, 0.25) is 0 Å². The van der Waals surface area contributed by atoms with Gasteiger partial charge in [-0.25, -0.2) is 4.79 Å². The van der Waals surface area contributed by atoms with Crippen LogP contribution in [0, 0.1) is 6.92 Å². The first-order valence-electron chi connectivity index (χ1n) is 8.92. The fourth-order valence-electron chi connectivity index (χ4n) is 4.21. The van der Waals surface area contributed by atoms with Crippen molar-refractivity contribution in [2.75, 3.05) is 18.0 Å². The Morgan fingerprint density at radius 3 is 2.96 bits per heavy atom. The van der Waals surface area contributed by atoms with Crippen molar-refractivity contribution < 1.29 is 9.90 Å². The first kappa shape index (κ1) is 16.1. The summed E-state index contributed by atoms with van der Waals surface area (Å²) in [4.78, 5) is 18.5. The highest BCUT2D eigenvalue weighted by Crippen LogP contribution is 2.39. The number of pyridine rings is 1. The Labute approximate surface area is 147 Å². The van der Waals surface area contributed by atoms with Crippen LogP contribution in [-0.4, -0.2) is 29.1 Å². The van der Waals surface area contributed by atoms with Gasteiger partial charge in [-0.05, 0) is 61.6 Å². The smallest absolute Gasteiger partial charge is 0.331 e. The molecule has 1 aromatic carbocycles. The number of aryl methyl sites for hydroxylation is 1. The second-order valence-electron chi connectivity index (χ2n) is 6.91. The van der Waals surface area contributed by atoms with Crippen molar-refractivity contribution in [3.05, 3.63) is 58.9 Å². The number of carboxylic acid groups (broad SMARTS) is 1. The zero-order valence-electron chi connectivity index (χ0n) is 14.4. The Hall–Kier alpha value is -2.40. The summed E-state index contributed by atoms with van der Waals surface area (Å²) in [5.41, 5.74) is 5.13. The molecule has 3 heterocycles. The van der Waals surface area contributed by atoms with Crippen LogP contribution in [0.5, 0.6) is 0 Å². The number of nitrogens with one attached hydrogen (secondary N) is 1. The normalized spacial score (nSPS) is 22.7. The zero-order chi connectivity index (χ0) is 17.4. The first-order valence-corrected chi connectivity index (χ1v) is 8.92. The minimum atomic E-state index is -0.791. The number of hydrogen-bond acceptors (Lipinski definition) is 4. The van der Waals surface area contributed by atoms with Crippen LogP contribution in [0.1, 0.15) is 47.3 Å². The van der Waals surface area contributed by atoms with E-state index in [0.717, 1.165) is 48.3 Å². The molecule has 25 heavy (non-hydrogen) atoms. The van der Waals surface area contributed by atoms with Crippen LogP contribution >= 0.6 is 0 Å². The molecule has 5 nitrogen and oxygen atoms in total. The summed E-state index contributed by atoms with van der Waals surface area (Å²) >= 11 is 0. The molecule has 0 saturated carbocycles. The van der Waals surface area contributed by atoms with E-state index in [1.54, 1.807) is 6.20 Å². The molecule has 1 saturated heterocycles. The van der Waals surface area contributed by atoms with Crippen LogP contribution < -0.4 is 10.2 Å². The van der Waals surface area contributed by atoms with Gasteiger partial charge < -0.3 is 15.3 Å². The topological polar surface area (TPSA) is 65.5 Å². The van der Waals surface area contributed by atoms with Crippen molar-refractivity contribution in [3.63, 3.8) is 0 Å². The van der Waals surface area contributed by atoms with Gasteiger partial charge >= 0.3 is 5.97 Å².